The molecule has 4 aromatic heterocycles. The smallest absolute Gasteiger partial charge is 0.269 e. The summed E-state index contributed by atoms with van der Waals surface area (Å²) in [6.07, 6.45) is 5.39. The van der Waals surface area contributed by atoms with Crippen LogP contribution in [0.15, 0.2) is 90.1 Å². The van der Waals surface area contributed by atoms with Gasteiger partial charge in [-0.1, -0.05) is 12.1 Å². The molecule has 0 unspecified atom stereocenters. The van der Waals surface area contributed by atoms with Crippen molar-refractivity contribution in [3.8, 4) is 33.5 Å². The van der Waals surface area contributed by atoms with Crippen LogP contribution in [0.5, 0.6) is 17.2 Å². The number of halogens is 2. The van der Waals surface area contributed by atoms with Crippen molar-refractivity contribution in [2.24, 2.45) is 0 Å². The van der Waals surface area contributed by atoms with Crippen molar-refractivity contribution in [3.05, 3.63) is 130 Å². The standard InChI is InChI=1S/C39H32F2N4O5S/c1-39(48-2)21-44(22-39)19-24-3-9-29(43-18-24)34-17-30-37(51-34)33(11-13-42-30)50-32-10-4-23(15-28(32)41)16-31(46)35-36-25(12-14-49-36)20-45(38(35)47)27-7-5-26(40)6-8-27/h3-11,13,15,17-18,20H,12,14,16,19,21-22H2,1-2H3. The van der Waals surface area contributed by atoms with Gasteiger partial charge in [-0.25, -0.2) is 8.78 Å². The highest BCUT2D eigenvalue weighted by atomic mass is 32.1. The summed E-state index contributed by atoms with van der Waals surface area (Å²) in [7, 11) is 1.74. The number of hydrogen-bond donors (Lipinski definition) is 0. The van der Waals surface area contributed by atoms with E-state index < -0.39 is 23.0 Å². The number of nitrogens with zero attached hydrogens (tertiary/aromatic N) is 4. The monoisotopic (exact) mass is 706 g/mol. The van der Waals surface area contributed by atoms with E-state index >= 15 is 4.39 Å². The second kappa shape index (κ2) is 13.1. The molecule has 0 saturated carbocycles. The first-order valence-electron chi connectivity index (χ1n) is 16.4. The molecule has 0 amide bonds. The quantitative estimate of drug-likeness (QED) is 0.139. The largest absolute Gasteiger partial charge is 0.492 e. The highest BCUT2D eigenvalue weighted by molar-refractivity contribution is 7.22. The predicted octanol–water partition coefficient (Wildman–Crippen LogP) is 7.16. The van der Waals surface area contributed by atoms with Crippen molar-refractivity contribution in [3.63, 3.8) is 0 Å². The summed E-state index contributed by atoms with van der Waals surface area (Å²) in [5.41, 5.74) is 3.32. The first kappa shape index (κ1) is 32.9. The SMILES string of the molecule is COC1(C)CN(Cc2ccc(-c3cc4nccc(Oc5ccc(CC(=O)c6c7c(cn(-c8ccc(F)cc8)c6=O)CCO7)cc5F)c4s3)nc2)C1. The minimum atomic E-state index is -0.662. The van der Waals surface area contributed by atoms with Gasteiger partial charge >= 0.3 is 0 Å². The summed E-state index contributed by atoms with van der Waals surface area (Å²) in [4.78, 5) is 39.5. The summed E-state index contributed by atoms with van der Waals surface area (Å²) in [6, 6.07) is 17.4. The maximum Gasteiger partial charge on any atom is 0.269 e. The van der Waals surface area contributed by atoms with E-state index in [1.54, 1.807) is 31.6 Å². The Bertz CT molecular complexity index is 2350. The fraction of sp³-hybridized carbons (Fsp3) is 0.231. The molecule has 0 bridgehead atoms. The van der Waals surface area contributed by atoms with Gasteiger partial charge in [0, 0.05) is 75.5 Å². The van der Waals surface area contributed by atoms with Crippen LogP contribution in [0.1, 0.15) is 34.0 Å². The van der Waals surface area contributed by atoms with E-state index in [4.69, 9.17) is 19.2 Å². The molecule has 8 rings (SSSR count). The third-order valence-corrected chi connectivity index (χ3v) is 10.4. The Morgan fingerprint density at radius 3 is 2.55 bits per heavy atom. The molecule has 0 N–H and O–H groups in total. The van der Waals surface area contributed by atoms with Gasteiger partial charge in [-0.3, -0.25) is 29.0 Å². The fourth-order valence-corrected chi connectivity index (χ4v) is 7.65. The minimum absolute atomic E-state index is 0.0192. The lowest BCUT2D eigenvalue weighted by Crippen LogP contribution is -2.60. The number of carbonyl (C=O) groups excluding carboxylic acids is 1. The predicted molar refractivity (Wildman–Crippen MR) is 189 cm³/mol. The van der Waals surface area contributed by atoms with E-state index in [-0.39, 0.29) is 29.1 Å². The number of rotatable bonds is 10. The fourth-order valence-electron chi connectivity index (χ4n) is 6.61. The third-order valence-electron chi connectivity index (χ3n) is 9.29. The maximum absolute atomic E-state index is 15.5. The molecular formula is C39H32F2N4O5S. The van der Waals surface area contributed by atoms with Crippen LogP contribution < -0.4 is 15.0 Å². The van der Waals surface area contributed by atoms with Crippen LogP contribution in [0, 0.1) is 11.6 Å². The summed E-state index contributed by atoms with van der Waals surface area (Å²) in [5.74, 6) is -0.953. The molecule has 12 heteroatoms. The van der Waals surface area contributed by atoms with Gasteiger partial charge in [0.25, 0.3) is 5.56 Å². The third kappa shape index (κ3) is 6.42. The minimum Gasteiger partial charge on any atom is -0.492 e. The zero-order chi connectivity index (χ0) is 35.3. The number of aromatic nitrogens is 3. The second-order valence-corrected chi connectivity index (χ2v) is 14.1. The lowest BCUT2D eigenvalue weighted by molar-refractivity contribution is -0.114. The second-order valence-electron chi connectivity index (χ2n) is 13.1. The number of methoxy groups -OCH3 is 1. The van der Waals surface area contributed by atoms with Crippen LogP contribution in [0.25, 0.3) is 26.5 Å². The van der Waals surface area contributed by atoms with Crippen LogP contribution in [-0.2, 0) is 24.1 Å². The van der Waals surface area contributed by atoms with Crippen LogP contribution >= 0.6 is 11.3 Å². The molecule has 0 radical (unpaired) electrons. The van der Waals surface area contributed by atoms with Crippen molar-refractivity contribution in [2.45, 2.75) is 31.9 Å². The number of carbonyl (C=O) groups is 1. The van der Waals surface area contributed by atoms with Gasteiger partial charge in [-0.05, 0) is 66.6 Å². The molecule has 2 aromatic carbocycles. The molecule has 1 fully saturated rings. The molecule has 0 aliphatic carbocycles. The Balaban J connectivity index is 0.990. The van der Waals surface area contributed by atoms with Crippen molar-refractivity contribution in [2.75, 3.05) is 26.8 Å². The molecule has 6 aromatic rings. The number of hydrogen-bond acceptors (Lipinski definition) is 9. The Morgan fingerprint density at radius 2 is 1.80 bits per heavy atom. The molecule has 51 heavy (non-hydrogen) atoms. The number of Topliss-reactive ketones (excluding diaryl/α,β-unsaturated/α-hetero) is 1. The first-order valence-corrected chi connectivity index (χ1v) is 17.3. The van der Waals surface area contributed by atoms with Gasteiger partial charge in [0.2, 0.25) is 0 Å². The van der Waals surface area contributed by atoms with Crippen molar-refractivity contribution in [1.29, 1.82) is 0 Å². The van der Waals surface area contributed by atoms with Gasteiger partial charge in [0.1, 0.15) is 22.9 Å². The average molecular weight is 707 g/mol. The summed E-state index contributed by atoms with van der Waals surface area (Å²) in [6.45, 7) is 5.00. The lowest BCUT2D eigenvalue weighted by atomic mass is 9.96. The van der Waals surface area contributed by atoms with Gasteiger partial charge in [-0.15, -0.1) is 11.3 Å². The molecular weight excluding hydrogens is 675 g/mol. The van der Waals surface area contributed by atoms with Crippen LogP contribution in [-0.4, -0.2) is 57.6 Å². The maximum atomic E-state index is 15.5. The average Bonchev–Trinajstić information content (AvgIpc) is 3.77. The Labute approximate surface area is 295 Å². The van der Waals surface area contributed by atoms with E-state index in [1.165, 1.54) is 52.3 Å². The van der Waals surface area contributed by atoms with Crippen molar-refractivity contribution < 1.29 is 27.8 Å². The normalized spacial score (nSPS) is 15.0. The molecule has 1 saturated heterocycles. The number of ether oxygens (including phenoxy) is 3. The number of thiophene rings is 1. The van der Waals surface area contributed by atoms with E-state index in [0.29, 0.717) is 41.1 Å². The van der Waals surface area contributed by atoms with Gasteiger partial charge in [0.05, 0.1) is 33.0 Å². The summed E-state index contributed by atoms with van der Waals surface area (Å²) in [5, 5.41) is 0. The first-order chi connectivity index (χ1) is 24.7. The number of benzene rings is 2. The molecule has 258 valence electrons. The summed E-state index contributed by atoms with van der Waals surface area (Å²) >= 11 is 1.45. The molecule has 6 heterocycles. The Hall–Kier alpha value is -5.30. The highest BCUT2D eigenvalue weighted by Gasteiger charge is 2.38. The molecule has 2 aliphatic rings. The number of likely N-dealkylation sites (tertiary alicyclic amines) is 1. The lowest BCUT2D eigenvalue weighted by Gasteiger charge is -2.46. The molecule has 0 atom stereocenters. The number of pyridine rings is 3. The Kier molecular flexibility index (Phi) is 8.45. The van der Waals surface area contributed by atoms with E-state index in [9.17, 15) is 14.0 Å². The van der Waals surface area contributed by atoms with Crippen LogP contribution in [0.3, 0.4) is 0 Å². The van der Waals surface area contributed by atoms with Gasteiger partial charge < -0.3 is 14.2 Å². The zero-order valence-corrected chi connectivity index (χ0v) is 28.6. The van der Waals surface area contributed by atoms with Crippen molar-refractivity contribution >= 4 is 27.3 Å². The summed E-state index contributed by atoms with van der Waals surface area (Å²) < 4.78 is 48.4. The van der Waals surface area contributed by atoms with E-state index in [0.717, 1.165) is 40.5 Å². The van der Waals surface area contributed by atoms with E-state index in [2.05, 4.69) is 22.9 Å². The van der Waals surface area contributed by atoms with E-state index in [1.807, 2.05) is 18.3 Å². The molecule has 0 spiro atoms. The Morgan fingerprint density at radius 1 is 1.00 bits per heavy atom. The topological polar surface area (TPSA) is 95.8 Å². The van der Waals surface area contributed by atoms with Gasteiger partial charge in [-0.2, -0.15) is 0 Å². The van der Waals surface area contributed by atoms with Crippen molar-refractivity contribution in [1.82, 2.24) is 19.4 Å². The molecule has 2 aliphatic heterocycles. The number of fused-ring (bicyclic) bond motifs is 2. The van der Waals surface area contributed by atoms with Gasteiger partial charge in [0.15, 0.2) is 17.3 Å². The van der Waals surface area contributed by atoms with Crippen LogP contribution in [0.2, 0.25) is 0 Å². The highest BCUT2D eigenvalue weighted by Crippen LogP contribution is 2.39. The van der Waals surface area contributed by atoms with Crippen LogP contribution in [0.4, 0.5) is 8.78 Å². The zero-order valence-electron chi connectivity index (χ0n) is 27.8. The molecule has 9 nitrogen and oxygen atoms in total. The number of ketones is 1.